The van der Waals surface area contributed by atoms with Gasteiger partial charge in [0.05, 0.1) is 11.4 Å². The molecule has 0 saturated carbocycles. The summed E-state index contributed by atoms with van der Waals surface area (Å²) in [7, 11) is 1.83. The number of piperidine rings is 1. The van der Waals surface area contributed by atoms with Crippen molar-refractivity contribution in [3.63, 3.8) is 0 Å². The summed E-state index contributed by atoms with van der Waals surface area (Å²) in [4.78, 5) is 11.3. The van der Waals surface area contributed by atoms with Crippen LogP contribution in [0.5, 0.6) is 0 Å². The van der Waals surface area contributed by atoms with Gasteiger partial charge in [-0.3, -0.25) is 14.9 Å². The molecule has 7 nitrogen and oxygen atoms in total. The zero-order chi connectivity index (χ0) is 20.6. The first-order chi connectivity index (χ1) is 14.8. The average molecular weight is 404 g/mol. The van der Waals surface area contributed by atoms with Crippen LogP contribution < -0.4 is 10.6 Å². The molecule has 156 valence electrons. The van der Waals surface area contributed by atoms with E-state index >= 15 is 0 Å². The lowest BCUT2D eigenvalue weighted by Gasteiger charge is -2.32. The number of aliphatic imine (C=N–C) groups is 1. The van der Waals surface area contributed by atoms with Crippen molar-refractivity contribution in [2.75, 3.05) is 20.1 Å². The Labute approximate surface area is 177 Å². The zero-order valence-electron chi connectivity index (χ0n) is 17.4. The molecule has 0 unspecified atom stereocenters. The van der Waals surface area contributed by atoms with Gasteiger partial charge in [-0.25, -0.2) is 4.68 Å². The van der Waals surface area contributed by atoms with Crippen molar-refractivity contribution in [3.05, 3.63) is 78.4 Å². The Kier molecular flexibility index (Phi) is 6.72. The van der Waals surface area contributed by atoms with Crippen molar-refractivity contribution in [3.8, 4) is 5.69 Å². The zero-order valence-corrected chi connectivity index (χ0v) is 17.4. The normalized spacial score (nSPS) is 15.8. The smallest absolute Gasteiger partial charge is 0.191 e. The number of guanidine groups is 1. The first kappa shape index (κ1) is 20.1. The standard InChI is InChI=1S/C23H29N7/c1-24-23(26-17-19-6-4-8-22(16-19)30-13-5-12-27-30)28-20-9-14-29(15-10-20)18-21-7-2-3-11-25-21/h2-8,11-13,16,20H,9-10,14-15,17-18H2,1H3,(H2,24,26,28). The maximum absolute atomic E-state index is 4.44. The molecule has 0 spiro atoms. The predicted octanol–water partition coefficient (Wildman–Crippen LogP) is 2.60. The summed E-state index contributed by atoms with van der Waals surface area (Å²) >= 11 is 0. The highest BCUT2D eigenvalue weighted by Crippen LogP contribution is 2.13. The van der Waals surface area contributed by atoms with Crippen LogP contribution in [0.2, 0.25) is 0 Å². The number of likely N-dealkylation sites (tertiary alicyclic amines) is 1. The number of pyridine rings is 1. The highest BCUT2D eigenvalue weighted by molar-refractivity contribution is 5.80. The second kappa shape index (κ2) is 10.0. The number of nitrogens with zero attached hydrogens (tertiary/aromatic N) is 5. The van der Waals surface area contributed by atoms with Crippen LogP contribution >= 0.6 is 0 Å². The van der Waals surface area contributed by atoms with Crippen LogP contribution in [-0.4, -0.2) is 51.8 Å². The van der Waals surface area contributed by atoms with Gasteiger partial charge in [-0.05, 0) is 48.7 Å². The molecule has 0 radical (unpaired) electrons. The van der Waals surface area contributed by atoms with Gasteiger partial charge in [0.1, 0.15) is 0 Å². The van der Waals surface area contributed by atoms with E-state index in [0.717, 1.165) is 49.8 Å². The first-order valence-corrected chi connectivity index (χ1v) is 10.5. The molecular formula is C23H29N7. The number of benzene rings is 1. The van der Waals surface area contributed by atoms with Crippen LogP contribution in [0.1, 0.15) is 24.1 Å². The molecule has 2 N–H and O–H groups in total. The summed E-state index contributed by atoms with van der Waals surface area (Å²) in [6.07, 6.45) is 7.81. The molecular weight excluding hydrogens is 374 g/mol. The van der Waals surface area contributed by atoms with Gasteiger partial charge in [0.15, 0.2) is 5.96 Å². The highest BCUT2D eigenvalue weighted by atomic mass is 15.3. The van der Waals surface area contributed by atoms with E-state index in [2.05, 4.69) is 67.0 Å². The van der Waals surface area contributed by atoms with E-state index in [1.807, 2.05) is 36.3 Å². The van der Waals surface area contributed by atoms with E-state index in [0.29, 0.717) is 12.6 Å². The fraction of sp³-hybridized carbons (Fsp3) is 0.348. The molecule has 0 atom stereocenters. The third-order valence-electron chi connectivity index (χ3n) is 5.40. The summed E-state index contributed by atoms with van der Waals surface area (Å²) < 4.78 is 1.87. The fourth-order valence-electron chi connectivity index (χ4n) is 3.76. The fourth-order valence-corrected chi connectivity index (χ4v) is 3.76. The summed E-state index contributed by atoms with van der Waals surface area (Å²) in [5.41, 5.74) is 3.39. The largest absolute Gasteiger partial charge is 0.354 e. The van der Waals surface area contributed by atoms with Crippen LogP contribution in [0.3, 0.4) is 0 Å². The van der Waals surface area contributed by atoms with E-state index < -0.39 is 0 Å². The van der Waals surface area contributed by atoms with Crippen LogP contribution in [0.25, 0.3) is 5.69 Å². The lowest BCUT2D eigenvalue weighted by molar-refractivity contribution is 0.196. The van der Waals surface area contributed by atoms with E-state index in [1.165, 1.54) is 5.56 Å². The monoisotopic (exact) mass is 403 g/mol. The minimum absolute atomic E-state index is 0.437. The molecule has 0 aliphatic carbocycles. The molecule has 1 aliphatic heterocycles. The predicted molar refractivity (Wildman–Crippen MR) is 119 cm³/mol. The minimum Gasteiger partial charge on any atom is -0.354 e. The molecule has 2 aromatic heterocycles. The molecule has 3 heterocycles. The number of rotatable bonds is 6. The molecule has 0 amide bonds. The Balaban J connectivity index is 1.24. The van der Waals surface area contributed by atoms with Gasteiger partial charge in [0.25, 0.3) is 0 Å². The Bertz CT molecular complexity index is 929. The van der Waals surface area contributed by atoms with Gasteiger partial charge in [0.2, 0.25) is 0 Å². The third kappa shape index (κ3) is 5.45. The first-order valence-electron chi connectivity index (χ1n) is 10.5. The van der Waals surface area contributed by atoms with E-state index in [-0.39, 0.29) is 0 Å². The van der Waals surface area contributed by atoms with E-state index in [9.17, 15) is 0 Å². The Morgan fingerprint density at radius 2 is 2.00 bits per heavy atom. The number of hydrogen-bond acceptors (Lipinski definition) is 4. The minimum atomic E-state index is 0.437. The van der Waals surface area contributed by atoms with Crippen molar-refractivity contribution in [2.24, 2.45) is 4.99 Å². The van der Waals surface area contributed by atoms with Gasteiger partial charge in [0, 0.05) is 57.9 Å². The maximum atomic E-state index is 4.44. The molecule has 1 fully saturated rings. The summed E-state index contributed by atoms with van der Waals surface area (Å²) in [6, 6.07) is 16.8. The van der Waals surface area contributed by atoms with Crippen LogP contribution in [0, 0.1) is 0 Å². The Hall–Kier alpha value is -3.19. The Morgan fingerprint density at radius 3 is 2.73 bits per heavy atom. The molecule has 1 saturated heterocycles. The SMILES string of the molecule is CN=C(NCc1cccc(-n2cccn2)c1)NC1CCN(Cc2ccccn2)CC1. The molecule has 1 aliphatic rings. The van der Waals surface area contributed by atoms with Crippen LogP contribution in [0.4, 0.5) is 0 Å². The molecule has 30 heavy (non-hydrogen) atoms. The van der Waals surface area contributed by atoms with Crippen molar-refractivity contribution in [2.45, 2.75) is 32.0 Å². The van der Waals surface area contributed by atoms with Gasteiger partial charge >= 0.3 is 0 Å². The number of nitrogens with one attached hydrogen (secondary N) is 2. The maximum Gasteiger partial charge on any atom is 0.191 e. The van der Waals surface area contributed by atoms with Gasteiger partial charge in [-0.2, -0.15) is 5.10 Å². The topological polar surface area (TPSA) is 70.4 Å². The molecule has 1 aromatic carbocycles. The highest BCUT2D eigenvalue weighted by Gasteiger charge is 2.20. The lowest BCUT2D eigenvalue weighted by Crippen LogP contribution is -2.48. The molecule has 7 heteroatoms. The van der Waals surface area contributed by atoms with Crippen molar-refractivity contribution < 1.29 is 0 Å². The quantitative estimate of drug-likeness (QED) is 0.489. The second-order valence-electron chi connectivity index (χ2n) is 7.56. The van der Waals surface area contributed by atoms with E-state index in [1.54, 1.807) is 6.20 Å². The van der Waals surface area contributed by atoms with Gasteiger partial charge in [-0.1, -0.05) is 18.2 Å². The average Bonchev–Trinajstić information content (AvgIpc) is 3.34. The third-order valence-corrected chi connectivity index (χ3v) is 5.40. The van der Waals surface area contributed by atoms with Crippen LogP contribution in [-0.2, 0) is 13.1 Å². The lowest BCUT2D eigenvalue weighted by atomic mass is 10.0. The summed E-state index contributed by atoms with van der Waals surface area (Å²) in [6.45, 7) is 3.77. The summed E-state index contributed by atoms with van der Waals surface area (Å²) in [5, 5.41) is 11.3. The van der Waals surface area contributed by atoms with Gasteiger partial charge in [-0.15, -0.1) is 0 Å². The van der Waals surface area contributed by atoms with Gasteiger partial charge < -0.3 is 10.6 Å². The van der Waals surface area contributed by atoms with Crippen molar-refractivity contribution in [1.82, 2.24) is 30.3 Å². The van der Waals surface area contributed by atoms with Crippen molar-refractivity contribution in [1.29, 1.82) is 0 Å². The number of hydrogen-bond donors (Lipinski definition) is 2. The molecule has 0 bridgehead atoms. The molecule has 3 aromatic rings. The summed E-state index contributed by atoms with van der Waals surface area (Å²) in [5.74, 6) is 0.850. The van der Waals surface area contributed by atoms with Crippen LogP contribution in [0.15, 0.2) is 72.1 Å². The Morgan fingerprint density at radius 1 is 1.10 bits per heavy atom. The van der Waals surface area contributed by atoms with E-state index in [4.69, 9.17) is 0 Å². The second-order valence-corrected chi connectivity index (χ2v) is 7.56. The number of aromatic nitrogens is 3. The molecule has 4 rings (SSSR count). The van der Waals surface area contributed by atoms with Crippen molar-refractivity contribution >= 4 is 5.96 Å².